The molecular formula is C15H20N4. The Kier molecular flexibility index (Phi) is 4.49. The maximum atomic E-state index is 5.67. The van der Waals surface area contributed by atoms with Crippen LogP contribution in [0.5, 0.6) is 0 Å². The number of pyridine rings is 1. The highest BCUT2D eigenvalue weighted by molar-refractivity contribution is 5.46. The van der Waals surface area contributed by atoms with Crippen molar-refractivity contribution in [1.82, 2.24) is 10.4 Å². The van der Waals surface area contributed by atoms with Crippen molar-refractivity contribution < 1.29 is 0 Å². The van der Waals surface area contributed by atoms with Gasteiger partial charge in [0.25, 0.3) is 0 Å². The molecule has 1 aromatic carbocycles. The van der Waals surface area contributed by atoms with Crippen LogP contribution in [0.25, 0.3) is 0 Å². The zero-order valence-corrected chi connectivity index (χ0v) is 11.4. The smallest absolute Gasteiger partial charge is 0.0500 e. The van der Waals surface area contributed by atoms with Crippen LogP contribution in [0.1, 0.15) is 17.2 Å². The Hall–Kier alpha value is -1.91. The minimum Gasteiger partial charge on any atom is -0.378 e. The molecule has 4 heteroatoms. The maximum absolute atomic E-state index is 5.67. The van der Waals surface area contributed by atoms with Crippen LogP contribution in [-0.2, 0) is 6.42 Å². The van der Waals surface area contributed by atoms with Crippen molar-refractivity contribution in [3.8, 4) is 0 Å². The Morgan fingerprint density at radius 2 is 1.74 bits per heavy atom. The molecule has 1 heterocycles. The van der Waals surface area contributed by atoms with E-state index in [1.165, 1.54) is 16.8 Å². The number of nitrogens with one attached hydrogen (secondary N) is 1. The summed E-state index contributed by atoms with van der Waals surface area (Å²) in [6, 6.07) is 12.6. The van der Waals surface area contributed by atoms with E-state index in [1.54, 1.807) is 12.4 Å². The van der Waals surface area contributed by atoms with Crippen molar-refractivity contribution in [2.75, 3.05) is 19.0 Å². The molecule has 1 unspecified atom stereocenters. The lowest BCUT2D eigenvalue weighted by atomic mass is 10.00. The predicted octanol–water partition coefficient (Wildman–Crippen LogP) is 1.89. The summed E-state index contributed by atoms with van der Waals surface area (Å²) in [5.41, 5.74) is 6.47. The van der Waals surface area contributed by atoms with Crippen LogP contribution < -0.4 is 16.2 Å². The van der Waals surface area contributed by atoms with E-state index in [0.717, 1.165) is 6.42 Å². The lowest BCUT2D eigenvalue weighted by Crippen LogP contribution is -2.29. The number of hydrogen-bond acceptors (Lipinski definition) is 4. The zero-order valence-electron chi connectivity index (χ0n) is 11.4. The molecule has 0 saturated carbocycles. The van der Waals surface area contributed by atoms with Crippen LogP contribution >= 0.6 is 0 Å². The van der Waals surface area contributed by atoms with Gasteiger partial charge >= 0.3 is 0 Å². The number of nitrogens with zero attached hydrogens (tertiary/aromatic N) is 2. The van der Waals surface area contributed by atoms with Crippen molar-refractivity contribution in [2.24, 2.45) is 5.84 Å². The first-order valence-corrected chi connectivity index (χ1v) is 6.33. The largest absolute Gasteiger partial charge is 0.378 e. The van der Waals surface area contributed by atoms with E-state index in [4.69, 9.17) is 5.84 Å². The second-order valence-corrected chi connectivity index (χ2v) is 4.76. The number of hydrogen-bond donors (Lipinski definition) is 2. The van der Waals surface area contributed by atoms with E-state index in [2.05, 4.69) is 39.6 Å². The summed E-state index contributed by atoms with van der Waals surface area (Å²) >= 11 is 0. The van der Waals surface area contributed by atoms with Gasteiger partial charge in [-0.3, -0.25) is 16.3 Å². The molecule has 100 valence electrons. The van der Waals surface area contributed by atoms with Crippen molar-refractivity contribution in [3.63, 3.8) is 0 Å². The third kappa shape index (κ3) is 3.53. The van der Waals surface area contributed by atoms with E-state index in [1.807, 2.05) is 26.2 Å². The summed E-state index contributed by atoms with van der Waals surface area (Å²) in [6.07, 6.45) is 4.45. The van der Waals surface area contributed by atoms with Gasteiger partial charge in [0.05, 0.1) is 0 Å². The fourth-order valence-electron chi connectivity index (χ4n) is 2.03. The second kappa shape index (κ2) is 6.31. The summed E-state index contributed by atoms with van der Waals surface area (Å²) < 4.78 is 0. The van der Waals surface area contributed by atoms with Gasteiger partial charge in [-0.25, -0.2) is 0 Å². The molecule has 0 saturated heterocycles. The molecule has 4 nitrogen and oxygen atoms in total. The highest BCUT2D eigenvalue weighted by Gasteiger charge is 2.10. The van der Waals surface area contributed by atoms with Crippen LogP contribution in [0.2, 0.25) is 0 Å². The minimum absolute atomic E-state index is 0.110. The van der Waals surface area contributed by atoms with E-state index in [0.29, 0.717) is 0 Å². The lowest BCUT2D eigenvalue weighted by molar-refractivity contribution is 0.552. The second-order valence-electron chi connectivity index (χ2n) is 4.76. The van der Waals surface area contributed by atoms with Crippen LogP contribution in [0.15, 0.2) is 48.8 Å². The fraction of sp³-hybridized carbons (Fsp3) is 0.267. The number of anilines is 1. The SMILES string of the molecule is CN(C)c1ccc(C(Cc2ccncc2)NN)cc1. The molecule has 2 aromatic rings. The number of aromatic nitrogens is 1. The Morgan fingerprint density at radius 3 is 2.26 bits per heavy atom. The zero-order chi connectivity index (χ0) is 13.7. The Bertz CT molecular complexity index is 493. The van der Waals surface area contributed by atoms with Crippen molar-refractivity contribution in [3.05, 3.63) is 59.9 Å². The molecule has 0 aliphatic heterocycles. The normalized spacial score (nSPS) is 12.2. The topological polar surface area (TPSA) is 54.2 Å². The van der Waals surface area contributed by atoms with Crippen LogP contribution in [-0.4, -0.2) is 19.1 Å². The van der Waals surface area contributed by atoms with Gasteiger partial charge in [0, 0.05) is 38.2 Å². The number of rotatable bonds is 5. The minimum atomic E-state index is 0.110. The van der Waals surface area contributed by atoms with E-state index < -0.39 is 0 Å². The van der Waals surface area contributed by atoms with E-state index >= 15 is 0 Å². The van der Waals surface area contributed by atoms with Crippen LogP contribution in [0.3, 0.4) is 0 Å². The molecule has 3 N–H and O–H groups in total. The summed E-state index contributed by atoms with van der Waals surface area (Å²) in [4.78, 5) is 6.11. The average molecular weight is 256 g/mol. The van der Waals surface area contributed by atoms with Gasteiger partial charge in [-0.05, 0) is 41.8 Å². The lowest BCUT2D eigenvalue weighted by Gasteiger charge is -2.18. The summed E-state index contributed by atoms with van der Waals surface area (Å²) in [5.74, 6) is 5.67. The standard InChI is InChI=1S/C15H20N4/c1-19(2)14-5-3-13(4-6-14)15(18-16)11-12-7-9-17-10-8-12/h3-10,15,18H,11,16H2,1-2H3. The van der Waals surface area contributed by atoms with Gasteiger partial charge < -0.3 is 4.90 Å². The van der Waals surface area contributed by atoms with Gasteiger partial charge in [0.15, 0.2) is 0 Å². The number of nitrogens with two attached hydrogens (primary N) is 1. The van der Waals surface area contributed by atoms with Gasteiger partial charge in [-0.1, -0.05) is 12.1 Å². The van der Waals surface area contributed by atoms with Gasteiger partial charge in [-0.2, -0.15) is 0 Å². The van der Waals surface area contributed by atoms with Gasteiger partial charge in [-0.15, -0.1) is 0 Å². The monoisotopic (exact) mass is 256 g/mol. The van der Waals surface area contributed by atoms with E-state index in [9.17, 15) is 0 Å². The molecule has 0 bridgehead atoms. The Labute approximate surface area is 114 Å². The third-order valence-corrected chi connectivity index (χ3v) is 3.20. The molecule has 0 amide bonds. The fourth-order valence-corrected chi connectivity index (χ4v) is 2.03. The van der Waals surface area contributed by atoms with Crippen LogP contribution in [0.4, 0.5) is 5.69 Å². The summed E-state index contributed by atoms with van der Waals surface area (Å²) in [7, 11) is 4.06. The number of benzene rings is 1. The average Bonchev–Trinajstić information content (AvgIpc) is 2.46. The highest BCUT2D eigenvalue weighted by Crippen LogP contribution is 2.20. The molecule has 1 atom stereocenters. The van der Waals surface area contributed by atoms with Crippen molar-refractivity contribution >= 4 is 5.69 Å². The first-order chi connectivity index (χ1) is 9.20. The molecule has 0 aliphatic carbocycles. The highest BCUT2D eigenvalue weighted by atomic mass is 15.2. The summed E-state index contributed by atoms with van der Waals surface area (Å²) in [5, 5.41) is 0. The Balaban J connectivity index is 2.13. The molecule has 0 fully saturated rings. The predicted molar refractivity (Wildman–Crippen MR) is 78.8 cm³/mol. The molecule has 0 radical (unpaired) electrons. The first kappa shape index (κ1) is 13.5. The molecule has 0 spiro atoms. The van der Waals surface area contributed by atoms with Gasteiger partial charge in [0.1, 0.15) is 0 Å². The first-order valence-electron chi connectivity index (χ1n) is 6.33. The Morgan fingerprint density at radius 1 is 1.11 bits per heavy atom. The van der Waals surface area contributed by atoms with Crippen molar-refractivity contribution in [1.29, 1.82) is 0 Å². The maximum Gasteiger partial charge on any atom is 0.0500 e. The molecule has 0 aliphatic rings. The molecule has 1 aromatic heterocycles. The summed E-state index contributed by atoms with van der Waals surface area (Å²) in [6.45, 7) is 0. The quantitative estimate of drug-likeness (QED) is 0.633. The third-order valence-electron chi connectivity index (χ3n) is 3.20. The molecule has 19 heavy (non-hydrogen) atoms. The molecular weight excluding hydrogens is 236 g/mol. The number of hydrazine groups is 1. The van der Waals surface area contributed by atoms with Crippen LogP contribution in [0, 0.1) is 0 Å². The van der Waals surface area contributed by atoms with Crippen molar-refractivity contribution in [2.45, 2.75) is 12.5 Å². The molecule has 2 rings (SSSR count). The van der Waals surface area contributed by atoms with Gasteiger partial charge in [0.2, 0.25) is 0 Å². The van der Waals surface area contributed by atoms with E-state index in [-0.39, 0.29) is 6.04 Å².